The van der Waals surface area contributed by atoms with Gasteiger partial charge in [0.2, 0.25) is 5.60 Å². The minimum absolute atomic E-state index is 0. The SMILES string of the molecule is [2H]c1sc(C(O)(C(=O)OC2([2H])C([2H])([2H])C3([2H])C4([2H])OC4([2H])C([2H])(C2([2H])[2H])[N+]3(C([2H])([2H])[2H])C([2H])([2H])[2H])c2sc([2H])c([2H])c2[2H])c([2H])c1[2H].[Br-]. The van der Waals surface area contributed by atoms with Gasteiger partial charge in [0.15, 0.2) is 0 Å². The Bertz CT molecular complexity index is 1630. The van der Waals surface area contributed by atoms with Crippen LogP contribution in [0.25, 0.3) is 0 Å². The van der Waals surface area contributed by atoms with Gasteiger partial charge in [-0.3, -0.25) is 0 Å². The van der Waals surface area contributed by atoms with Crippen LogP contribution in [-0.4, -0.2) is 59.8 Å². The standard InChI is InChI=1S/C19H22NO4S2.BrH/c1-20(2)12-9-11(10-13(20)17-16(12)24-17)23-18(21)19(22,14-5-3-7-25-14)15-6-4-8-26-15;/h3-8,11-13,16-17,22H,9-10H2,1-2H3;1H/q+1;/p-1/i1D3,2D3,3D,4D,5D,6D,7D,8D,9D2,10D2,11D,12D,13D,16D,17D;. The fourth-order valence-corrected chi connectivity index (χ4v) is 3.88. The topological polar surface area (TPSA) is 59.1 Å². The highest BCUT2D eigenvalue weighted by atomic mass is 79.9. The number of esters is 1. The van der Waals surface area contributed by atoms with Crippen molar-refractivity contribution >= 4 is 28.6 Å². The summed E-state index contributed by atoms with van der Waals surface area (Å²) >= 11 is 0.135. The number of thiophene rings is 2. The summed E-state index contributed by atoms with van der Waals surface area (Å²) in [6, 6.07) is -12.7. The zero-order chi connectivity index (χ0) is 36.5. The Hall–Kier alpha value is -0.770. The van der Waals surface area contributed by atoms with Crippen LogP contribution in [0, 0.1) is 0 Å². The molecule has 0 saturated carbocycles. The third-order valence-electron chi connectivity index (χ3n) is 3.84. The van der Waals surface area contributed by atoms with Crippen molar-refractivity contribution in [2.24, 2.45) is 0 Å². The van der Waals surface area contributed by atoms with E-state index >= 15 is 0 Å². The largest absolute Gasteiger partial charge is 1.00 e. The molecule has 3 aliphatic heterocycles. The first kappa shape index (κ1) is 6.62. The average Bonchev–Trinajstić information content (AvgIpc) is 3.25. The molecule has 3 fully saturated rings. The van der Waals surface area contributed by atoms with E-state index in [4.69, 9.17) is 38.3 Å². The van der Waals surface area contributed by atoms with Gasteiger partial charge in [0.25, 0.3) is 0 Å². The molecular formula is C19H22BrNO4S2. The molecule has 0 radical (unpaired) electrons. The zero-order valence-electron chi connectivity index (χ0n) is 33.8. The van der Waals surface area contributed by atoms with Gasteiger partial charge in [-0.2, -0.15) is 0 Å². The Kier molecular flexibility index (Phi) is 1.63. The molecule has 27 heavy (non-hydrogen) atoms. The molecular weight excluding hydrogens is 450 g/mol. The summed E-state index contributed by atoms with van der Waals surface area (Å²) < 4.78 is 183. The van der Waals surface area contributed by atoms with Crippen molar-refractivity contribution in [2.75, 3.05) is 14.0 Å². The van der Waals surface area contributed by atoms with Gasteiger partial charge in [0.05, 0.1) is 47.0 Å². The number of aliphatic hydroxyl groups is 1. The lowest BCUT2D eigenvalue weighted by atomic mass is 9.95. The normalized spacial score (nSPS) is 62.6. The Morgan fingerprint density at radius 2 is 1.89 bits per heavy atom. The van der Waals surface area contributed by atoms with Crippen molar-refractivity contribution in [1.82, 2.24) is 0 Å². The molecule has 5 nitrogen and oxygen atoms in total. The Morgan fingerprint density at radius 3 is 2.33 bits per heavy atom. The molecule has 3 aliphatic rings. The Morgan fingerprint density at radius 1 is 1.33 bits per heavy atom. The van der Waals surface area contributed by atoms with E-state index in [0.29, 0.717) is 0 Å². The van der Waals surface area contributed by atoms with E-state index in [1.807, 2.05) is 0 Å². The Balaban J connectivity index is 0.00000520. The van der Waals surface area contributed by atoms with E-state index in [0.717, 1.165) is 0 Å². The number of piperidine rings is 1. The van der Waals surface area contributed by atoms with Gasteiger partial charge < -0.3 is 36.0 Å². The number of carbonyl (C=O) groups excluding carboxylic acids is 1. The zero-order valence-corrected chi connectivity index (χ0v) is 16.0. The lowest BCUT2D eigenvalue weighted by Gasteiger charge is -2.45. The number of ether oxygens (including phenoxy) is 2. The highest BCUT2D eigenvalue weighted by molar-refractivity contribution is 7.12. The second kappa shape index (κ2) is 6.64. The van der Waals surface area contributed by atoms with E-state index in [-0.39, 0.29) is 39.7 Å². The first-order chi connectivity index (χ1) is 20.8. The second-order valence-corrected chi connectivity index (χ2v) is 7.01. The van der Waals surface area contributed by atoms with Gasteiger partial charge in [0, 0.05) is 18.2 Å². The molecule has 4 unspecified atom stereocenters. The number of likely N-dealkylation sites (N-methyl/N-ethyl adjacent to an activating group) is 1. The van der Waals surface area contributed by atoms with E-state index in [9.17, 15) is 9.90 Å². The maximum absolute atomic E-state index is 14.1. The van der Waals surface area contributed by atoms with Crippen molar-refractivity contribution in [3.8, 4) is 0 Å². The summed E-state index contributed by atoms with van der Waals surface area (Å²) in [5.74, 6) is -2.40. The molecule has 3 saturated heterocycles. The third kappa shape index (κ3) is 2.84. The monoisotopic (exact) mass is 492 g/mol. The van der Waals surface area contributed by atoms with Crippen LogP contribution >= 0.6 is 22.7 Å². The van der Waals surface area contributed by atoms with Crippen molar-refractivity contribution in [1.29, 1.82) is 0 Å². The van der Waals surface area contributed by atoms with Gasteiger partial charge in [0.1, 0.15) is 30.3 Å². The molecule has 0 aromatic carbocycles. The predicted molar refractivity (Wildman–Crippen MR) is 99.1 cm³/mol. The predicted octanol–water partition coefficient (Wildman–Crippen LogP) is -0.650. The van der Waals surface area contributed by atoms with E-state index in [1.54, 1.807) is 0 Å². The summed E-state index contributed by atoms with van der Waals surface area (Å²) in [4.78, 5) is 12.1. The summed E-state index contributed by atoms with van der Waals surface area (Å²) in [5.41, 5.74) is -3.69. The lowest BCUT2D eigenvalue weighted by molar-refractivity contribution is -0.938. The quantitative estimate of drug-likeness (QED) is 0.350. The van der Waals surface area contributed by atoms with Crippen LogP contribution in [0.1, 0.15) is 51.3 Å². The molecule has 5 heterocycles. The number of hydrogen-bond acceptors (Lipinski definition) is 6. The van der Waals surface area contributed by atoms with Crippen LogP contribution in [-0.2, 0) is 19.9 Å². The van der Waals surface area contributed by atoms with Crippen molar-refractivity contribution in [2.45, 2.75) is 48.6 Å². The van der Waals surface area contributed by atoms with Crippen molar-refractivity contribution < 1.29 is 69.6 Å². The van der Waals surface area contributed by atoms with Crippen LogP contribution in [0.3, 0.4) is 0 Å². The molecule has 0 spiro atoms. The van der Waals surface area contributed by atoms with Gasteiger partial charge in [-0.25, -0.2) is 4.79 Å². The number of epoxide rings is 1. The summed E-state index contributed by atoms with van der Waals surface area (Å²) in [6.07, 6.45) is -21.1. The van der Waals surface area contributed by atoms with E-state index in [1.165, 1.54) is 0 Å². The van der Waals surface area contributed by atoms with Crippen molar-refractivity contribution in [3.63, 3.8) is 0 Å². The maximum Gasteiger partial charge on any atom is 0.349 e. The second-order valence-electron chi connectivity index (χ2n) is 5.37. The molecule has 1 N–H and O–H groups in total. The maximum atomic E-state index is 14.1. The van der Waals surface area contributed by atoms with Gasteiger partial charge >= 0.3 is 5.97 Å². The molecule has 2 aromatic rings. The molecule has 0 amide bonds. The highest BCUT2D eigenvalue weighted by Gasteiger charge is 2.71. The number of hydrogen-bond donors (Lipinski definition) is 1. The van der Waals surface area contributed by atoms with E-state index in [2.05, 4.69) is 0 Å². The number of halogens is 1. The number of nitrogens with zero attached hydrogens (tertiary/aromatic N) is 1. The van der Waals surface area contributed by atoms with Crippen LogP contribution in [0.15, 0.2) is 34.9 Å². The number of carbonyl (C=O) groups is 1. The first-order valence-electron chi connectivity index (χ1n) is 17.5. The minimum Gasteiger partial charge on any atom is -1.00 e. The molecule has 5 rings (SSSR count). The smallest absolute Gasteiger partial charge is 0.349 e. The molecule has 2 bridgehead atoms. The molecule has 0 aliphatic carbocycles. The van der Waals surface area contributed by atoms with Crippen LogP contribution < -0.4 is 17.0 Å². The van der Waals surface area contributed by atoms with Crippen LogP contribution in [0.4, 0.5) is 0 Å². The molecule has 146 valence electrons. The summed E-state index contributed by atoms with van der Waals surface area (Å²) in [7, 11) is 0. The average molecular weight is 494 g/mol. The third-order valence-corrected chi connectivity index (χ3v) is 5.45. The van der Waals surface area contributed by atoms with Crippen LogP contribution in [0.2, 0.25) is 0 Å². The fraction of sp³-hybridized carbons (Fsp3) is 0.526. The number of quaternary nitrogens is 1. The minimum atomic E-state index is -4.56. The molecule has 4 atom stereocenters. The summed E-state index contributed by atoms with van der Waals surface area (Å²) in [6.45, 7) is -8.64. The van der Waals surface area contributed by atoms with Crippen LogP contribution in [0.5, 0.6) is 0 Å². The Labute approximate surface area is 206 Å². The van der Waals surface area contributed by atoms with Crippen molar-refractivity contribution in [3.05, 3.63) is 44.6 Å². The number of rotatable bonds is 4. The first-order valence-corrected chi connectivity index (χ1v) is 8.59. The highest BCUT2D eigenvalue weighted by Crippen LogP contribution is 2.52. The van der Waals surface area contributed by atoms with Gasteiger partial charge in [-0.1, -0.05) is 12.1 Å². The fourth-order valence-electron chi connectivity index (χ4n) is 2.54. The number of morpholine rings is 1. The molecule has 2 aromatic heterocycles. The lowest BCUT2D eigenvalue weighted by Crippen LogP contribution is -3.00. The van der Waals surface area contributed by atoms with E-state index < -0.39 is 118 Å². The molecule has 8 heteroatoms. The van der Waals surface area contributed by atoms with Gasteiger partial charge in [-0.05, 0) is 22.8 Å². The summed E-state index contributed by atoms with van der Waals surface area (Å²) in [5, 5.41) is 10.4. The van der Waals surface area contributed by atoms with Gasteiger partial charge in [-0.15, -0.1) is 22.7 Å². The number of fused-ring (bicyclic) bond motifs is 5.